The monoisotopic (exact) mass is 269 g/mol. The Balaban J connectivity index is 2.02. The van der Waals surface area contributed by atoms with E-state index in [-0.39, 0.29) is 6.04 Å². The lowest BCUT2D eigenvalue weighted by atomic mass is 9.99. The second kappa shape index (κ2) is 5.03. The molecule has 2 nitrogen and oxygen atoms in total. The van der Waals surface area contributed by atoms with Crippen molar-refractivity contribution in [2.24, 2.45) is 5.73 Å². The van der Waals surface area contributed by atoms with E-state index in [1.807, 2.05) is 12.1 Å². The van der Waals surface area contributed by atoms with Crippen LogP contribution in [0.1, 0.15) is 17.2 Å². The summed E-state index contributed by atoms with van der Waals surface area (Å²) >= 11 is 1.67. The van der Waals surface area contributed by atoms with Gasteiger partial charge in [-0.1, -0.05) is 18.2 Å². The van der Waals surface area contributed by atoms with Crippen LogP contribution in [0.4, 0.5) is 0 Å². The molecule has 3 rings (SSSR count). The average Bonchev–Trinajstić information content (AvgIpc) is 2.99. The normalized spacial score (nSPS) is 12.5. The Morgan fingerprint density at radius 3 is 2.53 bits per heavy atom. The fourth-order valence-corrected chi connectivity index (χ4v) is 2.90. The first-order chi connectivity index (χ1) is 9.28. The lowest BCUT2D eigenvalue weighted by molar-refractivity contribution is 0.415. The van der Waals surface area contributed by atoms with Crippen molar-refractivity contribution < 1.29 is 4.74 Å². The largest absolute Gasteiger partial charge is 0.497 e. The summed E-state index contributed by atoms with van der Waals surface area (Å²) in [6, 6.07) is 14.4. The number of methoxy groups -OCH3 is 1. The maximum atomic E-state index is 6.29. The SMILES string of the molecule is COc1ccc2cc(C(N)c3ccsc3)ccc2c1. The van der Waals surface area contributed by atoms with Gasteiger partial charge in [0.05, 0.1) is 13.2 Å². The number of thiophene rings is 1. The molecule has 0 saturated heterocycles. The van der Waals surface area contributed by atoms with E-state index in [4.69, 9.17) is 10.5 Å². The van der Waals surface area contributed by atoms with Crippen molar-refractivity contribution in [1.82, 2.24) is 0 Å². The van der Waals surface area contributed by atoms with Crippen LogP contribution in [0.5, 0.6) is 5.75 Å². The topological polar surface area (TPSA) is 35.2 Å². The van der Waals surface area contributed by atoms with E-state index in [2.05, 4.69) is 41.1 Å². The second-order valence-electron chi connectivity index (χ2n) is 4.51. The molecule has 1 aromatic heterocycles. The zero-order chi connectivity index (χ0) is 13.2. The molecule has 1 heterocycles. The zero-order valence-electron chi connectivity index (χ0n) is 10.7. The standard InChI is InChI=1S/C16H15NOS/c1-18-15-5-4-11-8-13(3-2-12(11)9-15)16(17)14-6-7-19-10-14/h2-10,16H,17H2,1H3. The van der Waals surface area contributed by atoms with Gasteiger partial charge in [0.1, 0.15) is 5.75 Å². The molecule has 0 fully saturated rings. The Hall–Kier alpha value is -1.84. The predicted octanol–water partition coefficient (Wildman–Crippen LogP) is 3.96. The number of ether oxygens (including phenoxy) is 1. The van der Waals surface area contributed by atoms with Crippen LogP contribution in [-0.4, -0.2) is 7.11 Å². The molecular weight excluding hydrogens is 254 g/mol. The quantitative estimate of drug-likeness (QED) is 0.781. The van der Waals surface area contributed by atoms with Gasteiger partial charge >= 0.3 is 0 Å². The van der Waals surface area contributed by atoms with Crippen LogP contribution in [-0.2, 0) is 0 Å². The van der Waals surface area contributed by atoms with E-state index >= 15 is 0 Å². The Morgan fingerprint density at radius 1 is 1.00 bits per heavy atom. The zero-order valence-corrected chi connectivity index (χ0v) is 11.5. The fourth-order valence-electron chi connectivity index (χ4n) is 2.21. The van der Waals surface area contributed by atoms with Crippen molar-refractivity contribution >= 4 is 22.1 Å². The molecule has 2 aromatic carbocycles. The van der Waals surface area contributed by atoms with E-state index < -0.39 is 0 Å². The Labute approximate surface area is 116 Å². The van der Waals surface area contributed by atoms with Gasteiger partial charge in [0.25, 0.3) is 0 Å². The highest BCUT2D eigenvalue weighted by Gasteiger charge is 2.09. The van der Waals surface area contributed by atoms with Crippen molar-refractivity contribution in [2.75, 3.05) is 7.11 Å². The second-order valence-corrected chi connectivity index (χ2v) is 5.29. The molecule has 2 N–H and O–H groups in total. The molecule has 3 aromatic rings. The number of nitrogens with two attached hydrogens (primary N) is 1. The van der Waals surface area contributed by atoms with Crippen molar-refractivity contribution in [3.8, 4) is 5.75 Å². The molecule has 1 unspecified atom stereocenters. The third-order valence-corrected chi connectivity index (χ3v) is 4.03. The highest BCUT2D eigenvalue weighted by atomic mass is 32.1. The number of rotatable bonds is 3. The van der Waals surface area contributed by atoms with Crippen molar-refractivity contribution in [1.29, 1.82) is 0 Å². The maximum absolute atomic E-state index is 6.29. The van der Waals surface area contributed by atoms with Crippen molar-refractivity contribution in [2.45, 2.75) is 6.04 Å². The van der Waals surface area contributed by atoms with Gasteiger partial charge in [0.15, 0.2) is 0 Å². The van der Waals surface area contributed by atoms with Crippen LogP contribution in [0.3, 0.4) is 0 Å². The summed E-state index contributed by atoms with van der Waals surface area (Å²) < 4.78 is 5.24. The Bertz CT molecular complexity index is 691. The molecule has 0 saturated carbocycles. The molecule has 0 aliphatic rings. The summed E-state index contributed by atoms with van der Waals surface area (Å²) in [4.78, 5) is 0. The lowest BCUT2D eigenvalue weighted by Crippen LogP contribution is -2.10. The summed E-state index contributed by atoms with van der Waals surface area (Å²) in [5.41, 5.74) is 8.59. The third-order valence-electron chi connectivity index (χ3n) is 3.33. The summed E-state index contributed by atoms with van der Waals surface area (Å²) in [7, 11) is 1.68. The molecule has 3 heteroatoms. The Kier molecular flexibility index (Phi) is 3.23. The first-order valence-corrected chi connectivity index (χ1v) is 7.07. The third kappa shape index (κ3) is 2.35. The predicted molar refractivity (Wildman–Crippen MR) is 80.8 cm³/mol. The summed E-state index contributed by atoms with van der Waals surface area (Å²) in [5.74, 6) is 0.877. The Morgan fingerprint density at radius 2 is 1.79 bits per heavy atom. The van der Waals surface area contributed by atoms with E-state index in [1.54, 1.807) is 18.4 Å². The van der Waals surface area contributed by atoms with Gasteiger partial charge < -0.3 is 10.5 Å². The smallest absolute Gasteiger partial charge is 0.119 e. The minimum atomic E-state index is -0.0576. The van der Waals surface area contributed by atoms with Gasteiger partial charge in [-0.15, -0.1) is 0 Å². The van der Waals surface area contributed by atoms with E-state index in [0.29, 0.717) is 0 Å². The number of hydrogen-bond acceptors (Lipinski definition) is 3. The average molecular weight is 269 g/mol. The molecule has 0 radical (unpaired) electrons. The van der Waals surface area contributed by atoms with Gasteiger partial charge in [-0.05, 0) is 56.9 Å². The number of hydrogen-bond donors (Lipinski definition) is 1. The maximum Gasteiger partial charge on any atom is 0.119 e. The van der Waals surface area contributed by atoms with E-state index in [1.165, 1.54) is 10.8 Å². The van der Waals surface area contributed by atoms with Crippen LogP contribution in [0.25, 0.3) is 10.8 Å². The van der Waals surface area contributed by atoms with Crippen LogP contribution in [0, 0.1) is 0 Å². The molecule has 0 amide bonds. The summed E-state index contributed by atoms with van der Waals surface area (Å²) in [5, 5.41) is 6.51. The van der Waals surface area contributed by atoms with Crippen molar-refractivity contribution in [3.63, 3.8) is 0 Å². The molecule has 0 aliphatic carbocycles. The fraction of sp³-hybridized carbons (Fsp3) is 0.125. The highest BCUT2D eigenvalue weighted by molar-refractivity contribution is 7.08. The first kappa shape index (κ1) is 12.2. The minimum absolute atomic E-state index is 0.0576. The van der Waals surface area contributed by atoms with Crippen molar-refractivity contribution in [3.05, 3.63) is 64.4 Å². The van der Waals surface area contributed by atoms with E-state index in [0.717, 1.165) is 16.9 Å². The molecule has 96 valence electrons. The van der Waals surface area contributed by atoms with Gasteiger partial charge in [0, 0.05) is 0 Å². The molecule has 0 aliphatic heterocycles. The summed E-state index contributed by atoms with van der Waals surface area (Å²) in [6.07, 6.45) is 0. The molecule has 1 atom stereocenters. The van der Waals surface area contributed by atoms with Gasteiger partial charge in [-0.3, -0.25) is 0 Å². The lowest BCUT2D eigenvalue weighted by Gasteiger charge is -2.12. The van der Waals surface area contributed by atoms with Crippen LogP contribution >= 0.6 is 11.3 Å². The minimum Gasteiger partial charge on any atom is -0.497 e. The number of fused-ring (bicyclic) bond motifs is 1. The molecule has 0 bridgehead atoms. The number of benzene rings is 2. The van der Waals surface area contributed by atoms with Gasteiger partial charge in [0.2, 0.25) is 0 Å². The highest BCUT2D eigenvalue weighted by Crippen LogP contribution is 2.27. The van der Waals surface area contributed by atoms with Crippen LogP contribution in [0.15, 0.2) is 53.2 Å². The summed E-state index contributed by atoms with van der Waals surface area (Å²) in [6.45, 7) is 0. The first-order valence-electron chi connectivity index (χ1n) is 6.13. The van der Waals surface area contributed by atoms with Crippen LogP contribution in [0.2, 0.25) is 0 Å². The van der Waals surface area contributed by atoms with Gasteiger partial charge in [-0.25, -0.2) is 0 Å². The molecule has 19 heavy (non-hydrogen) atoms. The van der Waals surface area contributed by atoms with Gasteiger partial charge in [-0.2, -0.15) is 11.3 Å². The van der Waals surface area contributed by atoms with Crippen LogP contribution < -0.4 is 10.5 Å². The molecule has 0 spiro atoms. The molecular formula is C16H15NOS. The van der Waals surface area contributed by atoms with E-state index in [9.17, 15) is 0 Å².